The first-order valence-corrected chi connectivity index (χ1v) is 7.56. The molecule has 0 aliphatic rings. The van der Waals surface area contributed by atoms with E-state index in [1.54, 1.807) is 4.90 Å². The van der Waals surface area contributed by atoms with Crippen molar-refractivity contribution in [2.24, 2.45) is 0 Å². The van der Waals surface area contributed by atoms with Crippen molar-refractivity contribution in [2.45, 2.75) is 0 Å². The molecule has 0 radical (unpaired) electrons. The van der Waals surface area contributed by atoms with Crippen LogP contribution in [0.5, 0.6) is 0 Å². The summed E-state index contributed by atoms with van der Waals surface area (Å²) in [6.45, 7) is 1.38. The molecule has 4 nitrogen and oxygen atoms in total. The van der Waals surface area contributed by atoms with Crippen molar-refractivity contribution in [3.05, 3.63) is 0 Å². The van der Waals surface area contributed by atoms with E-state index in [0.717, 1.165) is 0 Å². The molecule has 0 unspecified atom stereocenters. The summed E-state index contributed by atoms with van der Waals surface area (Å²) < 4.78 is 1.37. The molecule has 0 aromatic heterocycles. The topological polar surface area (TPSA) is 39.3 Å². The van der Waals surface area contributed by atoms with Gasteiger partial charge in [-0.3, -0.25) is 0 Å². The van der Waals surface area contributed by atoms with Crippen LogP contribution in [-0.2, 0) is 44.7 Å². The van der Waals surface area contributed by atoms with Crippen molar-refractivity contribution in [1.29, 1.82) is 0 Å². The van der Waals surface area contributed by atoms with E-state index in [-0.39, 0.29) is 19.5 Å². The molecule has 0 amide bonds. The minimum Gasteiger partial charge on any atom is -0.412 e. The Morgan fingerprint density at radius 1 is 1.05 bits per heavy atom. The summed E-state index contributed by atoms with van der Waals surface area (Å²) in [6.07, 6.45) is 0. The van der Waals surface area contributed by atoms with Gasteiger partial charge in [-0.2, -0.15) is 0 Å². The standard InChI is InChI=1S/C4H8N2S4.C3H7NS2.C2H7N.Zn/c7-3(8)5-1-2-6-4(9)10;1-4(2)3(5)6;1-3-2;/h1-2H2,(H2,5,7,8)(H2,6,9,10);1-2H3,(H,5,6);3H,1-2H3;/q;;;+2/p-2. The Kier molecular flexibility index (Phi) is 32.5. The van der Waals surface area contributed by atoms with Crippen LogP contribution in [0.25, 0.3) is 0 Å². The van der Waals surface area contributed by atoms with Crippen molar-refractivity contribution in [1.82, 2.24) is 20.9 Å². The van der Waals surface area contributed by atoms with Gasteiger partial charge in [-0.15, -0.1) is 12.6 Å². The molecule has 3 N–H and O–H groups in total. The zero-order valence-corrected chi connectivity index (χ0v) is 20.0. The maximum absolute atomic E-state index is 4.64. The molecule has 20 heavy (non-hydrogen) atoms. The van der Waals surface area contributed by atoms with Gasteiger partial charge in [0.25, 0.3) is 0 Å². The molecule has 0 saturated heterocycles. The molecule has 0 heterocycles. The normalized spacial score (nSPS) is 7.45. The van der Waals surface area contributed by atoms with Crippen molar-refractivity contribution >= 4 is 87.5 Å². The average Bonchev–Trinajstić information content (AvgIpc) is 2.25. The van der Waals surface area contributed by atoms with Crippen LogP contribution in [0.4, 0.5) is 0 Å². The van der Waals surface area contributed by atoms with Crippen LogP contribution in [0.15, 0.2) is 0 Å². The van der Waals surface area contributed by atoms with E-state index in [2.05, 4.69) is 90.5 Å². The summed E-state index contributed by atoms with van der Waals surface area (Å²) >= 11 is 26.8. The van der Waals surface area contributed by atoms with Crippen LogP contribution in [-0.4, -0.2) is 59.1 Å². The third-order valence-electron chi connectivity index (χ3n) is 1.04. The minimum absolute atomic E-state index is 0. The Balaban J connectivity index is -0.000000110. The number of hydrogen-bond acceptors (Lipinski definition) is 6. The van der Waals surface area contributed by atoms with E-state index in [0.29, 0.717) is 26.1 Å². The van der Waals surface area contributed by atoms with Gasteiger partial charge in [0.05, 0.1) is 0 Å². The Labute approximate surface area is 168 Å². The summed E-state index contributed by atoms with van der Waals surface area (Å²) in [5.41, 5.74) is 0. The maximum Gasteiger partial charge on any atom is 2.00 e. The molecule has 0 spiro atoms. The fourth-order valence-electron chi connectivity index (χ4n) is 0.334. The molecule has 11 heteroatoms. The molecule has 0 aliphatic heterocycles. The van der Waals surface area contributed by atoms with Gasteiger partial charge in [-0.25, -0.2) is 0 Å². The Morgan fingerprint density at radius 2 is 1.35 bits per heavy atom. The monoisotopic (exact) mass is 440 g/mol. The first-order chi connectivity index (χ1) is 8.68. The second kappa shape index (κ2) is 22.3. The molecule has 0 aliphatic carbocycles. The second-order valence-electron chi connectivity index (χ2n) is 3.11. The molecule has 0 fully saturated rings. The first-order valence-electron chi connectivity index (χ1n) is 5.07. The number of nitrogens with zero attached hydrogens (tertiary/aromatic N) is 1. The van der Waals surface area contributed by atoms with Crippen LogP contribution in [0.1, 0.15) is 0 Å². The summed E-state index contributed by atoms with van der Waals surface area (Å²) in [4.78, 5) is 1.71. The quantitative estimate of drug-likeness (QED) is 0.164. The Bertz CT molecular complexity index is 249. The third kappa shape index (κ3) is 42.7. The zero-order chi connectivity index (χ0) is 15.8. The second-order valence-corrected chi connectivity index (χ2v) is 6.37. The predicted octanol–water partition coefficient (Wildman–Crippen LogP) is 0.425. The van der Waals surface area contributed by atoms with E-state index in [1.165, 1.54) is 0 Å². The summed E-state index contributed by atoms with van der Waals surface area (Å²) in [6, 6.07) is 0. The molecular weight excluding hydrogens is 422 g/mol. The van der Waals surface area contributed by atoms with Crippen LogP contribution in [0, 0.1) is 0 Å². The summed E-state index contributed by atoms with van der Waals surface area (Å²) in [7, 11) is 7.41. The van der Waals surface area contributed by atoms with Gasteiger partial charge in [-0.05, 0) is 14.1 Å². The van der Waals surface area contributed by atoms with Crippen molar-refractivity contribution in [2.75, 3.05) is 41.3 Å². The first kappa shape index (κ1) is 29.1. The van der Waals surface area contributed by atoms with Crippen LogP contribution >= 0.6 is 49.3 Å². The molecule has 0 aromatic carbocycles. The molecule has 0 rings (SSSR count). The van der Waals surface area contributed by atoms with Crippen LogP contribution in [0.2, 0.25) is 0 Å². The average molecular weight is 442 g/mol. The van der Waals surface area contributed by atoms with Gasteiger partial charge >= 0.3 is 19.5 Å². The van der Waals surface area contributed by atoms with Gasteiger partial charge in [0.15, 0.2) is 0 Å². The number of thiol groups is 1. The number of hydrogen-bond donors (Lipinski definition) is 4. The summed E-state index contributed by atoms with van der Waals surface area (Å²) in [5, 5.41) is 8.37. The fourth-order valence-corrected chi connectivity index (χ4v) is 0.752. The largest absolute Gasteiger partial charge is 2.00 e. The zero-order valence-electron chi connectivity index (χ0n) is 12.1. The number of nitrogens with one attached hydrogen (secondary N) is 3. The molecular formula is C9H20N4S6Zn. The Hall–Kier alpha value is 1.04. The van der Waals surface area contributed by atoms with Crippen LogP contribution < -0.4 is 16.0 Å². The van der Waals surface area contributed by atoms with Gasteiger partial charge in [0, 0.05) is 27.2 Å². The third-order valence-corrected chi connectivity index (χ3v) is 2.36. The minimum atomic E-state index is 0. The molecule has 0 aromatic rings. The van der Waals surface area contributed by atoms with E-state index < -0.39 is 0 Å². The van der Waals surface area contributed by atoms with Crippen molar-refractivity contribution in [3.8, 4) is 0 Å². The van der Waals surface area contributed by atoms with Crippen molar-refractivity contribution in [3.63, 3.8) is 0 Å². The fraction of sp³-hybridized carbons (Fsp3) is 0.667. The number of thiocarbonyl (C=S) groups is 3. The SMILES string of the molecule is CN(C)C(=S)[S-].CNC.S=C([S-])NCCNC(=S)S.[Zn+2]. The van der Waals surface area contributed by atoms with E-state index in [9.17, 15) is 0 Å². The Morgan fingerprint density at radius 3 is 1.55 bits per heavy atom. The summed E-state index contributed by atoms with van der Waals surface area (Å²) in [5.74, 6) is 0. The van der Waals surface area contributed by atoms with Crippen molar-refractivity contribution < 1.29 is 19.5 Å². The number of rotatable bonds is 3. The van der Waals surface area contributed by atoms with Crippen LogP contribution in [0.3, 0.4) is 0 Å². The van der Waals surface area contributed by atoms with E-state index in [4.69, 9.17) is 0 Å². The smallest absolute Gasteiger partial charge is 0.412 e. The van der Waals surface area contributed by atoms with Gasteiger partial charge < -0.3 is 70.5 Å². The molecule has 114 valence electrons. The maximum atomic E-state index is 4.64. The van der Waals surface area contributed by atoms with Gasteiger partial charge in [0.2, 0.25) is 0 Å². The molecule has 0 bridgehead atoms. The van der Waals surface area contributed by atoms with E-state index in [1.807, 2.05) is 28.2 Å². The molecule has 0 saturated carbocycles. The van der Waals surface area contributed by atoms with Gasteiger partial charge in [-0.1, -0.05) is 20.9 Å². The van der Waals surface area contributed by atoms with E-state index >= 15 is 0 Å². The van der Waals surface area contributed by atoms with Gasteiger partial charge in [0.1, 0.15) is 4.32 Å². The molecule has 0 atom stereocenters. The predicted molar refractivity (Wildman–Crippen MR) is 106 cm³/mol.